The number of hydrogen-bond donors (Lipinski definition) is 7. The van der Waals surface area contributed by atoms with Crippen molar-refractivity contribution in [3.05, 3.63) is 46.2 Å². The highest BCUT2D eigenvalue weighted by Crippen LogP contribution is 2.56. The molecule has 2 unspecified atom stereocenters. The lowest BCUT2D eigenvalue weighted by Gasteiger charge is -2.52. The van der Waals surface area contributed by atoms with Crippen molar-refractivity contribution in [2.45, 2.75) is 54.6 Å². The zero-order valence-electron chi connectivity index (χ0n) is 19.3. The molecule has 10 nitrogen and oxygen atoms in total. The molecule has 192 valence electrons. The van der Waals surface area contributed by atoms with Gasteiger partial charge in [0.25, 0.3) is 5.91 Å². The van der Waals surface area contributed by atoms with Crippen LogP contribution in [0.15, 0.2) is 35.1 Å². The SMILES string of the molecule is NC(=O)C1=C(O)[C@@]2(O)C(=O)C3=C(O)c4c(O)cccc4[C@H](CSC4CCCC4)C3[C@H](O)C2[C@H](N)C1=O. The van der Waals surface area contributed by atoms with E-state index in [4.69, 9.17) is 11.5 Å². The molecule has 2 saturated carbocycles. The van der Waals surface area contributed by atoms with E-state index in [1.807, 2.05) is 0 Å². The highest BCUT2D eigenvalue weighted by Gasteiger charge is 2.67. The Labute approximate surface area is 210 Å². The Bertz CT molecular complexity index is 1240. The molecule has 0 aliphatic heterocycles. The van der Waals surface area contributed by atoms with Gasteiger partial charge in [-0.1, -0.05) is 25.0 Å². The van der Waals surface area contributed by atoms with Gasteiger partial charge < -0.3 is 37.0 Å². The van der Waals surface area contributed by atoms with Crippen molar-refractivity contribution in [3.63, 3.8) is 0 Å². The summed E-state index contributed by atoms with van der Waals surface area (Å²) in [6, 6.07) is 2.91. The molecule has 1 aromatic rings. The Morgan fingerprint density at radius 2 is 1.81 bits per heavy atom. The Hall–Kier alpha value is -2.86. The van der Waals surface area contributed by atoms with E-state index in [0.717, 1.165) is 25.7 Å². The van der Waals surface area contributed by atoms with Crippen molar-refractivity contribution in [2.75, 3.05) is 5.75 Å². The summed E-state index contributed by atoms with van der Waals surface area (Å²) in [5.41, 5.74) is 7.40. The molecule has 9 N–H and O–H groups in total. The minimum atomic E-state index is -2.97. The number of hydrogen-bond acceptors (Lipinski definition) is 10. The molecule has 0 bridgehead atoms. The minimum absolute atomic E-state index is 0.00171. The van der Waals surface area contributed by atoms with Gasteiger partial charge in [0.15, 0.2) is 11.4 Å². The van der Waals surface area contributed by atoms with Gasteiger partial charge in [-0.25, -0.2) is 0 Å². The van der Waals surface area contributed by atoms with Gasteiger partial charge in [-0.3, -0.25) is 14.4 Å². The van der Waals surface area contributed by atoms with Crippen molar-refractivity contribution in [1.82, 2.24) is 0 Å². The number of phenols is 1. The molecule has 6 atom stereocenters. The summed E-state index contributed by atoms with van der Waals surface area (Å²) in [5, 5.41) is 56.0. The van der Waals surface area contributed by atoms with E-state index in [9.17, 15) is 39.9 Å². The molecular formula is C25H28N2O8S. The van der Waals surface area contributed by atoms with E-state index in [1.165, 1.54) is 6.07 Å². The largest absolute Gasteiger partial charge is 0.508 e. The molecule has 4 aliphatic rings. The summed E-state index contributed by atoms with van der Waals surface area (Å²) in [4.78, 5) is 38.5. The van der Waals surface area contributed by atoms with Gasteiger partial charge in [-0.05, 0) is 24.5 Å². The first-order valence-electron chi connectivity index (χ1n) is 11.9. The van der Waals surface area contributed by atoms with Crippen molar-refractivity contribution in [2.24, 2.45) is 23.3 Å². The topological polar surface area (TPSA) is 204 Å². The lowest BCUT2D eigenvalue weighted by molar-refractivity contribution is -0.163. The van der Waals surface area contributed by atoms with Crippen LogP contribution in [-0.4, -0.2) is 71.8 Å². The first kappa shape index (κ1) is 24.8. The summed E-state index contributed by atoms with van der Waals surface area (Å²) in [7, 11) is 0. The molecule has 11 heteroatoms. The number of benzene rings is 1. The molecular weight excluding hydrogens is 488 g/mol. The van der Waals surface area contributed by atoms with Crippen LogP contribution in [0.2, 0.25) is 0 Å². The monoisotopic (exact) mass is 516 g/mol. The number of carbonyl (C=O) groups excluding carboxylic acids is 3. The van der Waals surface area contributed by atoms with E-state index >= 15 is 0 Å². The maximum Gasteiger partial charge on any atom is 0.255 e. The normalized spacial score (nSPS) is 34.5. The lowest BCUT2D eigenvalue weighted by Crippen LogP contribution is -2.70. The highest BCUT2D eigenvalue weighted by atomic mass is 32.2. The fourth-order valence-electron chi connectivity index (χ4n) is 6.41. The van der Waals surface area contributed by atoms with Crippen LogP contribution in [0.4, 0.5) is 0 Å². The second kappa shape index (κ2) is 8.62. The summed E-state index contributed by atoms with van der Waals surface area (Å²) in [6.07, 6.45) is 2.61. The van der Waals surface area contributed by atoms with Crippen LogP contribution < -0.4 is 11.5 Å². The van der Waals surface area contributed by atoms with Crippen molar-refractivity contribution in [3.8, 4) is 5.75 Å². The van der Waals surface area contributed by atoms with Crippen LogP contribution in [0.3, 0.4) is 0 Å². The zero-order chi connectivity index (χ0) is 26.1. The number of aliphatic hydroxyl groups is 4. The molecule has 1 aromatic carbocycles. The number of primary amides is 1. The van der Waals surface area contributed by atoms with Gasteiger partial charge >= 0.3 is 0 Å². The Kier molecular flexibility index (Phi) is 5.94. The van der Waals surface area contributed by atoms with Gasteiger partial charge in [0, 0.05) is 28.4 Å². The maximum absolute atomic E-state index is 13.8. The number of amides is 1. The van der Waals surface area contributed by atoms with Gasteiger partial charge in [0.2, 0.25) is 5.78 Å². The number of rotatable bonds is 4. The summed E-state index contributed by atoms with van der Waals surface area (Å²) >= 11 is 1.67. The van der Waals surface area contributed by atoms with E-state index in [1.54, 1.807) is 23.9 Å². The predicted octanol–water partition coefficient (Wildman–Crippen LogP) is 0.549. The Morgan fingerprint density at radius 1 is 1.14 bits per heavy atom. The third-order valence-electron chi connectivity index (χ3n) is 8.14. The van der Waals surface area contributed by atoms with Crippen LogP contribution in [-0.2, 0) is 14.4 Å². The fraction of sp³-hybridized carbons (Fsp3) is 0.480. The number of carbonyl (C=O) groups is 3. The third kappa shape index (κ3) is 3.26. The van der Waals surface area contributed by atoms with E-state index in [-0.39, 0.29) is 11.3 Å². The first-order valence-corrected chi connectivity index (χ1v) is 12.9. The fourth-order valence-corrected chi connectivity index (χ4v) is 7.94. The van der Waals surface area contributed by atoms with E-state index in [2.05, 4.69) is 0 Å². The third-order valence-corrected chi connectivity index (χ3v) is 9.63. The van der Waals surface area contributed by atoms with Crippen LogP contribution in [0.25, 0.3) is 5.76 Å². The van der Waals surface area contributed by atoms with Crippen molar-refractivity contribution < 1.29 is 39.9 Å². The second-order valence-corrected chi connectivity index (χ2v) is 11.3. The number of aromatic hydroxyl groups is 1. The number of nitrogens with two attached hydrogens (primary N) is 2. The smallest absolute Gasteiger partial charge is 0.255 e. The summed E-state index contributed by atoms with van der Waals surface area (Å²) < 4.78 is 0. The first-order chi connectivity index (χ1) is 17.0. The van der Waals surface area contributed by atoms with Gasteiger partial charge in [0.1, 0.15) is 22.8 Å². The van der Waals surface area contributed by atoms with Crippen LogP contribution in [0, 0.1) is 11.8 Å². The Morgan fingerprint density at radius 3 is 2.44 bits per heavy atom. The second-order valence-electron chi connectivity index (χ2n) is 9.97. The van der Waals surface area contributed by atoms with E-state index in [0.29, 0.717) is 16.6 Å². The molecule has 2 fully saturated rings. The summed E-state index contributed by atoms with van der Waals surface area (Å²) in [6.45, 7) is 0. The zero-order valence-corrected chi connectivity index (χ0v) is 20.1. The van der Waals surface area contributed by atoms with Gasteiger partial charge in [-0.2, -0.15) is 11.8 Å². The quantitative estimate of drug-likeness (QED) is 0.277. The molecule has 0 heterocycles. The molecule has 0 spiro atoms. The van der Waals surface area contributed by atoms with E-state index < -0.39 is 75.6 Å². The standard InChI is InChI=1S/C25H28N2O8S/c26-18-17-20(30)14-11(8-36-9-4-1-2-5-9)10-6-3-7-12(28)13(10)19(29)15(14)22(32)25(17,35)23(33)16(21(18)31)24(27)34/h3,6-7,9,11,14,17-18,20,28-30,33,35H,1-2,4-5,8,26H2,(H2,27,34)/t11-,14?,17?,18-,20-,25-/m0/s1. The Balaban J connectivity index is 1.71. The van der Waals surface area contributed by atoms with Crippen LogP contribution in [0.1, 0.15) is 42.7 Å². The van der Waals surface area contributed by atoms with Crippen molar-refractivity contribution in [1.29, 1.82) is 0 Å². The van der Waals surface area contributed by atoms with Crippen LogP contribution >= 0.6 is 11.8 Å². The molecule has 36 heavy (non-hydrogen) atoms. The summed E-state index contributed by atoms with van der Waals surface area (Å²) in [5.74, 6) is -8.87. The predicted molar refractivity (Wildman–Crippen MR) is 130 cm³/mol. The average Bonchev–Trinajstić information content (AvgIpc) is 3.34. The number of thioether (sulfide) groups is 1. The molecule has 1 amide bonds. The number of Topliss-reactive ketones (excluding diaryl/α,β-unsaturated/α-hetero) is 2. The average molecular weight is 517 g/mol. The van der Waals surface area contributed by atoms with Crippen molar-refractivity contribution >= 4 is 35.0 Å². The van der Waals surface area contributed by atoms with Gasteiger partial charge in [0.05, 0.1) is 23.6 Å². The number of aliphatic hydroxyl groups excluding tert-OH is 3. The van der Waals surface area contributed by atoms with Crippen LogP contribution in [0.5, 0.6) is 5.75 Å². The molecule has 0 radical (unpaired) electrons. The number of ketones is 2. The minimum Gasteiger partial charge on any atom is -0.508 e. The molecule has 0 saturated heterocycles. The number of fused-ring (bicyclic) bond motifs is 3. The molecule has 4 aliphatic carbocycles. The number of phenolic OH excluding ortho intramolecular Hbond substituents is 1. The molecule has 5 rings (SSSR count). The highest BCUT2D eigenvalue weighted by molar-refractivity contribution is 7.99. The lowest BCUT2D eigenvalue weighted by atomic mass is 9.54. The molecule has 0 aromatic heterocycles. The van der Waals surface area contributed by atoms with Gasteiger partial charge in [-0.15, -0.1) is 0 Å². The maximum atomic E-state index is 13.8.